The summed E-state index contributed by atoms with van der Waals surface area (Å²) in [7, 11) is -4.11. The molecule has 0 unspecified atom stereocenters. The van der Waals surface area contributed by atoms with E-state index in [0.29, 0.717) is 11.4 Å². The summed E-state index contributed by atoms with van der Waals surface area (Å²) in [5, 5.41) is 3.27. The second kappa shape index (κ2) is 13.4. The number of hydrogen-bond acceptors (Lipinski definition) is 4. The average Bonchev–Trinajstić information content (AvgIpc) is 2.92. The minimum absolute atomic E-state index is 0.0474. The van der Waals surface area contributed by atoms with Crippen LogP contribution in [0.15, 0.2) is 89.8 Å². The summed E-state index contributed by atoms with van der Waals surface area (Å²) in [5.41, 5.74) is 1.26. The third kappa shape index (κ3) is 7.58. The third-order valence-corrected chi connectivity index (χ3v) is 8.38. The van der Waals surface area contributed by atoms with Crippen LogP contribution in [0.4, 0.5) is 5.69 Å². The number of amides is 2. The van der Waals surface area contributed by atoms with E-state index >= 15 is 0 Å². The smallest absolute Gasteiger partial charge is 0.264 e. The lowest BCUT2D eigenvalue weighted by molar-refractivity contribution is -0.139. The quantitative estimate of drug-likeness (QED) is 0.344. The Morgan fingerprint density at radius 1 is 0.921 bits per heavy atom. The number of anilines is 1. The van der Waals surface area contributed by atoms with Gasteiger partial charge in [-0.2, -0.15) is 0 Å². The SMILES string of the molecule is CC[C@H](C)NC(=O)[C@H](C)N(CCc1ccccc1)C(=O)CN(c1cccc(Cl)c1)S(=O)(=O)c1ccccc1. The van der Waals surface area contributed by atoms with Crippen molar-refractivity contribution in [2.24, 2.45) is 0 Å². The Kier molecular flexibility index (Phi) is 10.3. The van der Waals surface area contributed by atoms with Gasteiger partial charge in [0, 0.05) is 17.6 Å². The van der Waals surface area contributed by atoms with Crippen LogP contribution in [0.3, 0.4) is 0 Å². The zero-order valence-electron chi connectivity index (χ0n) is 21.9. The van der Waals surface area contributed by atoms with Crippen molar-refractivity contribution in [3.05, 3.63) is 95.5 Å². The number of carbonyl (C=O) groups is 2. The highest BCUT2D eigenvalue weighted by Gasteiger charge is 2.32. The number of nitrogens with one attached hydrogen (secondary N) is 1. The van der Waals surface area contributed by atoms with Crippen molar-refractivity contribution < 1.29 is 18.0 Å². The second-order valence-corrected chi connectivity index (χ2v) is 11.4. The predicted molar refractivity (Wildman–Crippen MR) is 152 cm³/mol. The van der Waals surface area contributed by atoms with Gasteiger partial charge >= 0.3 is 0 Å². The Bertz CT molecular complexity index is 1320. The molecule has 0 spiro atoms. The maximum absolute atomic E-state index is 13.8. The Labute approximate surface area is 230 Å². The van der Waals surface area contributed by atoms with Crippen LogP contribution in [-0.2, 0) is 26.0 Å². The fourth-order valence-electron chi connectivity index (χ4n) is 3.92. The minimum atomic E-state index is -4.11. The van der Waals surface area contributed by atoms with Crippen molar-refractivity contribution in [2.45, 2.75) is 50.6 Å². The monoisotopic (exact) mass is 555 g/mol. The van der Waals surface area contributed by atoms with Gasteiger partial charge in [-0.1, -0.05) is 73.1 Å². The van der Waals surface area contributed by atoms with E-state index in [9.17, 15) is 18.0 Å². The highest BCUT2D eigenvalue weighted by atomic mass is 35.5. The zero-order valence-corrected chi connectivity index (χ0v) is 23.5. The van der Waals surface area contributed by atoms with Crippen LogP contribution >= 0.6 is 11.6 Å². The highest BCUT2D eigenvalue weighted by molar-refractivity contribution is 7.92. The van der Waals surface area contributed by atoms with Crippen LogP contribution < -0.4 is 9.62 Å². The van der Waals surface area contributed by atoms with E-state index in [1.54, 1.807) is 43.3 Å². The fraction of sp³-hybridized carbons (Fsp3) is 0.310. The highest BCUT2D eigenvalue weighted by Crippen LogP contribution is 2.26. The summed E-state index contributed by atoms with van der Waals surface area (Å²) in [6.45, 7) is 5.27. The maximum Gasteiger partial charge on any atom is 0.264 e. The largest absolute Gasteiger partial charge is 0.352 e. The first-order valence-corrected chi connectivity index (χ1v) is 14.4. The van der Waals surface area contributed by atoms with Crippen LogP contribution in [0.5, 0.6) is 0 Å². The van der Waals surface area contributed by atoms with Crippen LogP contribution in [0, 0.1) is 0 Å². The van der Waals surface area contributed by atoms with Gasteiger partial charge in [0.25, 0.3) is 10.0 Å². The van der Waals surface area contributed by atoms with E-state index in [-0.39, 0.29) is 29.1 Å². The molecule has 7 nitrogen and oxygen atoms in total. The molecule has 0 aliphatic rings. The first kappa shape index (κ1) is 29.2. The van der Waals surface area contributed by atoms with Gasteiger partial charge < -0.3 is 10.2 Å². The molecule has 0 saturated heterocycles. The molecule has 0 aromatic heterocycles. The van der Waals surface area contributed by atoms with Gasteiger partial charge in [-0.05, 0) is 62.6 Å². The van der Waals surface area contributed by atoms with Gasteiger partial charge in [-0.3, -0.25) is 13.9 Å². The number of hydrogen-bond donors (Lipinski definition) is 1. The molecule has 3 aromatic rings. The number of benzene rings is 3. The summed E-state index contributed by atoms with van der Waals surface area (Å²) in [6, 6.07) is 23.0. The van der Waals surface area contributed by atoms with Gasteiger partial charge in [0.2, 0.25) is 11.8 Å². The molecule has 1 N–H and O–H groups in total. The molecule has 9 heteroatoms. The van der Waals surface area contributed by atoms with E-state index in [2.05, 4.69) is 5.32 Å². The lowest BCUT2D eigenvalue weighted by Gasteiger charge is -2.32. The molecule has 0 fully saturated rings. The molecule has 0 radical (unpaired) electrons. The fourth-order valence-corrected chi connectivity index (χ4v) is 5.53. The van der Waals surface area contributed by atoms with Gasteiger partial charge in [0.05, 0.1) is 10.6 Å². The molecule has 0 aliphatic heterocycles. The summed E-state index contributed by atoms with van der Waals surface area (Å²) < 4.78 is 28.5. The molecule has 0 aliphatic carbocycles. The summed E-state index contributed by atoms with van der Waals surface area (Å²) in [6.07, 6.45) is 1.25. The molecule has 0 heterocycles. The van der Waals surface area contributed by atoms with Crippen molar-refractivity contribution in [1.29, 1.82) is 0 Å². The molecular weight excluding hydrogens is 522 g/mol. The molecule has 2 amide bonds. The van der Waals surface area contributed by atoms with E-state index < -0.39 is 28.5 Å². The number of nitrogens with zero attached hydrogens (tertiary/aromatic N) is 2. The topological polar surface area (TPSA) is 86.8 Å². The minimum Gasteiger partial charge on any atom is -0.352 e. The van der Waals surface area contributed by atoms with Crippen molar-refractivity contribution in [2.75, 3.05) is 17.4 Å². The first-order valence-electron chi connectivity index (χ1n) is 12.6. The van der Waals surface area contributed by atoms with E-state index in [1.165, 1.54) is 23.1 Å². The number of rotatable bonds is 12. The summed E-state index contributed by atoms with van der Waals surface area (Å²) in [5.74, 6) is -0.784. The average molecular weight is 556 g/mol. The lowest BCUT2D eigenvalue weighted by atomic mass is 10.1. The van der Waals surface area contributed by atoms with Gasteiger partial charge in [0.15, 0.2) is 0 Å². The molecule has 0 saturated carbocycles. The maximum atomic E-state index is 13.8. The molecule has 0 bridgehead atoms. The summed E-state index contributed by atoms with van der Waals surface area (Å²) >= 11 is 6.19. The Hall–Kier alpha value is -3.36. The Balaban J connectivity index is 1.96. The van der Waals surface area contributed by atoms with E-state index in [4.69, 9.17) is 11.6 Å². The Morgan fingerprint density at radius 2 is 1.55 bits per heavy atom. The number of sulfonamides is 1. The number of halogens is 1. The third-order valence-electron chi connectivity index (χ3n) is 6.36. The van der Waals surface area contributed by atoms with Crippen LogP contribution in [0.2, 0.25) is 5.02 Å². The molecular formula is C29H34ClN3O4S. The van der Waals surface area contributed by atoms with Crippen LogP contribution in [-0.4, -0.2) is 50.3 Å². The normalized spacial score (nSPS) is 12.8. The molecule has 3 aromatic carbocycles. The molecule has 38 heavy (non-hydrogen) atoms. The van der Waals surface area contributed by atoms with Crippen molar-refractivity contribution in [3.63, 3.8) is 0 Å². The van der Waals surface area contributed by atoms with Gasteiger partial charge in [-0.25, -0.2) is 8.42 Å². The summed E-state index contributed by atoms with van der Waals surface area (Å²) in [4.78, 5) is 28.3. The Morgan fingerprint density at radius 3 is 2.16 bits per heavy atom. The van der Waals surface area contributed by atoms with Crippen LogP contribution in [0.1, 0.15) is 32.8 Å². The van der Waals surface area contributed by atoms with Gasteiger partial charge in [0.1, 0.15) is 12.6 Å². The van der Waals surface area contributed by atoms with E-state index in [0.717, 1.165) is 16.3 Å². The zero-order chi connectivity index (χ0) is 27.7. The molecule has 2 atom stereocenters. The molecule has 202 valence electrons. The standard InChI is InChI=1S/C29H34ClN3O4S/c1-4-22(2)31-29(35)23(3)32(19-18-24-12-7-5-8-13-24)28(34)21-33(26-15-11-14-25(30)20-26)38(36,37)27-16-9-6-10-17-27/h5-17,20,22-23H,4,18-19,21H2,1-3H3,(H,31,35)/t22-,23-/m0/s1. The number of carbonyl (C=O) groups excluding carboxylic acids is 2. The van der Waals surface area contributed by atoms with Crippen molar-refractivity contribution >= 4 is 39.1 Å². The lowest BCUT2D eigenvalue weighted by Crippen LogP contribution is -2.53. The van der Waals surface area contributed by atoms with E-state index in [1.807, 2.05) is 44.2 Å². The second-order valence-electron chi connectivity index (χ2n) is 9.12. The molecule has 3 rings (SSSR count). The van der Waals surface area contributed by atoms with Gasteiger partial charge in [-0.15, -0.1) is 0 Å². The first-order chi connectivity index (χ1) is 18.1. The van der Waals surface area contributed by atoms with Crippen molar-refractivity contribution in [3.8, 4) is 0 Å². The van der Waals surface area contributed by atoms with Crippen molar-refractivity contribution in [1.82, 2.24) is 10.2 Å². The van der Waals surface area contributed by atoms with Crippen LogP contribution in [0.25, 0.3) is 0 Å². The predicted octanol–water partition coefficient (Wildman–Crippen LogP) is 4.91.